The minimum Gasteiger partial charge on any atom is -0.309 e. The third kappa shape index (κ3) is 6.14. The van der Waals surface area contributed by atoms with E-state index < -0.39 is 0 Å². The van der Waals surface area contributed by atoms with E-state index in [2.05, 4.69) is 240 Å². The fourth-order valence-corrected chi connectivity index (χ4v) is 10.4. The molecule has 68 heavy (non-hydrogen) atoms. The van der Waals surface area contributed by atoms with Gasteiger partial charge in [0.25, 0.3) is 0 Å². The summed E-state index contributed by atoms with van der Waals surface area (Å²) in [5, 5.41) is 11.8. The molecule has 5 heteroatoms. The third-order valence-electron chi connectivity index (χ3n) is 13.7. The first kappa shape index (κ1) is 38.1. The number of fused-ring (bicyclic) bond motifs is 9. The van der Waals surface area contributed by atoms with Crippen LogP contribution in [-0.2, 0) is 0 Å². The van der Waals surface area contributed by atoms with Crippen molar-refractivity contribution in [2.24, 2.45) is 0 Å². The van der Waals surface area contributed by atoms with Gasteiger partial charge in [0.1, 0.15) is 0 Å². The van der Waals surface area contributed by atoms with Crippen molar-refractivity contribution in [2.45, 2.75) is 0 Å². The summed E-state index contributed by atoms with van der Waals surface area (Å²) >= 11 is 0. The van der Waals surface area contributed by atoms with Gasteiger partial charge < -0.3 is 9.13 Å². The standard InChI is InChI=1S/C63H39N5/c1-2-14-40(15-3-1)42-26-29-43(30-27-42)61-64-62(47-31-28-41-16-4-5-17-44(41)34-47)66-63(65-61)49-35-46-18-6-7-19-51(46)59(39-49)68-58-25-13-10-22-54(58)55-37-48-36-50(33-32-45(48)38-60(55)68)67-56-23-11-8-20-52(56)53-21-9-12-24-57(53)67/h1-39H. The van der Waals surface area contributed by atoms with Crippen LogP contribution in [0.4, 0.5) is 0 Å². The molecule has 0 aliphatic rings. The molecule has 0 saturated carbocycles. The Balaban J connectivity index is 0.967. The number of rotatable bonds is 6. The van der Waals surface area contributed by atoms with E-state index in [1.807, 2.05) is 6.07 Å². The molecule has 14 aromatic rings. The Bertz CT molecular complexity index is 4260. The second kappa shape index (κ2) is 15.2. The first-order valence-electron chi connectivity index (χ1n) is 23.1. The summed E-state index contributed by atoms with van der Waals surface area (Å²) in [5.41, 5.74) is 12.0. The molecule has 0 aliphatic heterocycles. The van der Waals surface area contributed by atoms with Crippen LogP contribution in [0.5, 0.6) is 0 Å². The van der Waals surface area contributed by atoms with Crippen LogP contribution in [0.25, 0.3) is 133 Å². The van der Waals surface area contributed by atoms with Gasteiger partial charge in [0, 0.05) is 49.3 Å². The number of aromatic nitrogens is 5. The van der Waals surface area contributed by atoms with Gasteiger partial charge in [-0.15, -0.1) is 0 Å². The highest BCUT2D eigenvalue weighted by molar-refractivity contribution is 6.15. The predicted molar refractivity (Wildman–Crippen MR) is 283 cm³/mol. The fraction of sp³-hybridized carbons (Fsp3) is 0. The van der Waals surface area contributed by atoms with Crippen molar-refractivity contribution in [3.8, 4) is 56.7 Å². The summed E-state index contributed by atoms with van der Waals surface area (Å²) in [6.45, 7) is 0. The molecule has 0 fully saturated rings. The number of para-hydroxylation sites is 3. The topological polar surface area (TPSA) is 48.5 Å². The van der Waals surface area contributed by atoms with Gasteiger partial charge in [0.2, 0.25) is 0 Å². The lowest BCUT2D eigenvalue weighted by molar-refractivity contribution is 1.07. The lowest BCUT2D eigenvalue weighted by atomic mass is 10.0. The van der Waals surface area contributed by atoms with E-state index in [0.717, 1.165) is 66.4 Å². The molecule has 11 aromatic carbocycles. The van der Waals surface area contributed by atoms with Crippen molar-refractivity contribution >= 4 is 75.9 Å². The van der Waals surface area contributed by atoms with Crippen molar-refractivity contribution in [1.29, 1.82) is 0 Å². The average molecular weight is 866 g/mol. The molecule has 0 unspecified atom stereocenters. The Morgan fingerprint density at radius 1 is 0.235 bits per heavy atom. The number of benzene rings is 11. The first-order valence-corrected chi connectivity index (χ1v) is 23.1. The monoisotopic (exact) mass is 865 g/mol. The van der Waals surface area contributed by atoms with E-state index >= 15 is 0 Å². The number of hydrogen-bond donors (Lipinski definition) is 0. The molecule has 0 spiro atoms. The van der Waals surface area contributed by atoms with Crippen molar-refractivity contribution in [3.63, 3.8) is 0 Å². The molecule has 316 valence electrons. The largest absolute Gasteiger partial charge is 0.309 e. The van der Waals surface area contributed by atoms with Crippen LogP contribution in [0.3, 0.4) is 0 Å². The van der Waals surface area contributed by atoms with Gasteiger partial charge in [-0.25, -0.2) is 15.0 Å². The minimum atomic E-state index is 0.612. The molecule has 0 atom stereocenters. The predicted octanol–water partition coefficient (Wildman–Crippen LogP) is 16.2. The van der Waals surface area contributed by atoms with Crippen LogP contribution in [0.1, 0.15) is 0 Å². The maximum absolute atomic E-state index is 5.30. The van der Waals surface area contributed by atoms with E-state index in [1.54, 1.807) is 0 Å². The highest BCUT2D eigenvalue weighted by Crippen LogP contribution is 2.40. The van der Waals surface area contributed by atoms with E-state index in [4.69, 9.17) is 15.0 Å². The lowest BCUT2D eigenvalue weighted by Crippen LogP contribution is -2.02. The molecule has 0 radical (unpaired) electrons. The molecule has 3 aromatic heterocycles. The molecule has 0 bridgehead atoms. The Kier molecular flexibility index (Phi) is 8.52. The molecule has 0 amide bonds. The van der Waals surface area contributed by atoms with Gasteiger partial charge in [-0.1, -0.05) is 176 Å². The van der Waals surface area contributed by atoms with Gasteiger partial charge in [-0.3, -0.25) is 0 Å². The number of nitrogens with zero attached hydrogens (tertiary/aromatic N) is 5. The van der Waals surface area contributed by atoms with E-state index in [1.165, 1.54) is 48.7 Å². The van der Waals surface area contributed by atoms with E-state index in [9.17, 15) is 0 Å². The van der Waals surface area contributed by atoms with Gasteiger partial charge in [0.15, 0.2) is 17.5 Å². The molecule has 0 saturated heterocycles. The zero-order valence-corrected chi connectivity index (χ0v) is 36.8. The molecule has 5 nitrogen and oxygen atoms in total. The van der Waals surface area contributed by atoms with Gasteiger partial charge in [-0.2, -0.15) is 0 Å². The van der Waals surface area contributed by atoms with E-state index in [-0.39, 0.29) is 0 Å². The molecule has 0 aliphatic carbocycles. The summed E-state index contributed by atoms with van der Waals surface area (Å²) in [5.74, 6) is 1.86. The Hall–Kier alpha value is -9.19. The first-order chi connectivity index (χ1) is 33.7. The van der Waals surface area contributed by atoms with Crippen molar-refractivity contribution in [3.05, 3.63) is 237 Å². The van der Waals surface area contributed by atoms with Crippen LogP contribution in [0, 0.1) is 0 Å². The van der Waals surface area contributed by atoms with Gasteiger partial charge >= 0.3 is 0 Å². The van der Waals surface area contributed by atoms with Crippen LogP contribution < -0.4 is 0 Å². The lowest BCUT2D eigenvalue weighted by Gasteiger charge is -2.15. The van der Waals surface area contributed by atoms with E-state index in [0.29, 0.717) is 17.5 Å². The van der Waals surface area contributed by atoms with Gasteiger partial charge in [-0.05, 0) is 98.7 Å². The Morgan fingerprint density at radius 2 is 0.721 bits per heavy atom. The zero-order chi connectivity index (χ0) is 44.7. The van der Waals surface area contributed by atoms with Crippen molar-refractivity contribution in [1.82, 2.24) is 24.1 Å². The average Bonchev–Trinajstić information content (AvgIpc) is 3.92. The second-order valence-corrected chi connectivity index (χ2v) is 17.7. The Labute approximate surface area is 391 Å². The summed E-state index contributed by atoms with van der Waals surface area (Å²) in [6.07, 6.45) is 0. The fourth-order valence-electron chi connectivity index (χ4n) is 10.4. The van der Waals surface area contributed by atoms with Gasteiger partial charge in [0.05, 0.1) is 27.8 Å². The molecule has 3 heterocycles. The highest BCUT2D eigenvalue weighted by atomic mass is 15.0. The summed E-state index contributed by atoms with van der Waals surface area (Å²) < 4.78 is 4.83. The van der Waals surface area contributed by atoms with Crippen molar-refractivity contribution < 1.29 is 0 Å². The van der Waals surface area contributed by atoms with Crippen molar-refractivity contribution in [2.75, 3.05) is 0 Å². The van der Waals surface area contributed by atoms with Crippen LogP contribution in [-0.4, -0.2) is 24.1 Å². The summed E-state index contributed by atoms with van der Waals surface area (Å²) in [6, 6.07) is 84.8. The minimum absolute atomic E-state index is 0.612. The molecular formula is C63H39N5. The SMILES string of the molecule is c1ccc(-c2ccc(-c3nc(-c4ccc5ccccc5c4)nc(-c4cc(-n5c6ccccc6c6cc7cc(-n8c9ccccc9c9ccccc98)ccc7cc65)c5ccccc5c4)n3)cc2)cc1. The van der Waals surface area contributed by atoms with Crippen LogP contribution >= 0.6 is 0 Å². The maximum atomic E-state index is 5.30. The Morgan fingerprint density at radius 3 is 1.44 bits per heavy atom. The summed E-state index contributed by atoms with van der Waals surface area (Å²) in [4.78, 5) is 15.8. The molecule has 14 rings (SSSR count). The quantitative estimate of drug-likeness (QED) is 0.167. The zero-order valence-electron chi connectivity index (χ0n) is 36.8. The molecule has 0 N–H and O–H groups in total. The third-order valence-corrected chi connectivity index (χ3v) is 13.7. The van der Waals surface area contributed by atoms with Crippen LogP contribution in [0.2, 0.25) is 0 Å². The smallest absolute Gasteiger partial charge is 0.164 e. The van der Waals surface area contributed by atoms with Crippen LogP contribution in [0.15, 0.2) is 237 Å². The molecular weight excluding hydrogens is 827 g/mol. The maximum Gasteiger partial charge on any atom is 0.164 e. The number of hydrogen-bond acceptors (Lipinski definition) is 3. The second-order valence-electron chi connectivity index (χ2n) is 17.7. The normalized spacial score (nSPS) is 11.8. The summed E-state index contributed by atoms with van der Waals surface area (Å²) in [7, 11) is 0. The highest BCUT2D eigenvalue weighted by Gasteiger charge is 2.20.